The van der Waals surface area contributed by atoms with E-state index in [1.54, 1.807) is 12.1 Å². The molecular weight excluding hydrogens is 243 g/mol. The Hall–Kier alpha value is -1.13. The van der Waals surface area contributed by atoms with Crippen LogP contribution < -0.4 is 10.2 Å². The van der Waals surface area contributed by atoms with E-state index in [1.807, 2.05) is 6.07 Å². The zero-order chi connectivity index (χ0) is 13.1. The molecule has 0 aliphatic carbocycles. The maximum atomic E-state index is 13.5. The van der Waals surface area contributed by atoms with Gasteiger partial charge in [-0.25, -0.2) is 4.39 Å². The van der Waals surface area contributed by atoms with E-state index < -0.39 is 0 Å². The average molecular weight is 264 g/mol. The Morgan fingerprint density at radius 1 is 1.32 bits per heavy atom. The number of benzene rings is 1. The fourth-order valence-corrected chi connectivity index (χ4v) is 3.00. The third-order valence-corrected chi connectivity index (χ3v) is 4.03. The molecule has 1 N–H and O–H groups in total. The van der Waals surface area contributed by atoms with Crippen LogP contribution in [0.4, 0.5) is 10.1 Å². The molecule has 2 heterocycles. The van der Waals surface area contributed by atoms with Gasteiger partial charge in [0.25, 0.3) is 0 Å². The second-order valence-corrected chi connectivity index (χ2v) is 5.37. The molecule has 2 aliphatic rings. The first-order chi connectivity index (χ1) is 9.33. The predicted molar refractivity (Wildman–Crippen MR) is 74.2 cm³/mol. The largest absolute Gasteiger partial charge is 0.378 e. The second kappa shape index (κ2) is 5.88. The van der Waals surface area contributed by atoms with Crippen LogP contribution in [0.2, 0.25) is 0 Å². The monoisotopic (exact) mass is 264 g/mol. The first-order valence-electron chi connectivity index (χ1n) is 7.17. The summed E-state index contributed by atoms with van der Waals surface area (Å²) in [4.78, 5) is 2.25. The van der Waals surface area contributed by atoms with Gasteiger partial charge in [-0.05, 0) is 43.5 Å². The lowest BCUT2D eigenvalue weighted by Gasteiger charge is -2.31. The summed E-state index contributed by atoms with van der Waals surface area (Å²) in [6.45, 7) is 4.29. The molecule has 3 nitrogen and oxygen atoms in total. The van der Waals surface area contributed by atoms with Gasteiger partial charge >= 0.3 is 0 Å². The molecule has 1 atom stereocenters. The first kappa shape index (κ1) is 12.9. The highest BCUT2D eigenvalue weighted by molar-refractivity contribution is 5.54. The SMILES string of the molecule is Fc1ccc(CC2CCCN2)c(N2CCOCC2)c1. The van der Waals surface area contributed by atoms with Gasteiger partial charge in [0.2, 0.25) is 0 Å². The van der Waals surface area contributed by atoms with E-state index in [0.29, 0.717) is 6.04 Å². The molecule has 0 amide bonds. The van der Waals surface area contributed by atoms with Crippen LogP contribution in [0.5, 0.6) is 0 Å². The fourth-order valence-electron chi connectivity index (χ4n) is 3.00. The number of halogens is 1. The molecule has 2 fully saturated rings. The van der Waals surface area contributed by atoms with Crippen LogP contribution in [0.3, 0.4) is 0 Å². The van der Waals surface area contributed by atoms with Crippen LogP contribution in [-0.2, 0) is 11.2 Å². The minimum Gasteiger partial charge on any atom is -0.378 e. The van der Waals surface area contributed by atoms with Gasteiger partial charge in [-0.15, -0.1) is 0 Å². The Bertz CT molecular complexity index is 426. The molecule has 104 valence electrons. The van der Waals surface area contributed by atoms with Gasteiger partial charge < -0.3 is 15.0 Å². The molecule has 1 aromatic rings. The molecule has 0 radical (unpaired) electrons. The number of nitrogens with zero attached hydrogens (tertiary/aromatic N) is 1. The molecule has 1 aromatic carbocycles. The smallest absolute Gasteiger partial charge is 0.125 e. The zero-order valence-corrected chi connectivity index (χ0v) is 11.2. The van der Waals surface area contributed by atoms with E-state index in [9.17, 15) is 4.39 Å². The van der Waals surface area contributed by atoms with Crippen molar-refractivity contribution in [2.24, 2.45) is 0 Å². The van der Waals surface area contributed by atoms with Crippen molar-refractivity contribution in [3.8, 4) is 0 Å². The van der Waals surface area contributed by atoms with Crippen LogP contribution in [0, 0.1) is 5.82 Å². The summed E-state index contributed by atoms with van der Waals surface area (Å²) in [5.74, 6) is -0.148. The minimum atomic E-state index is -0.148. The molecule has 0 bridgehead atoms. The van der Waals surface area contributed by atoms with Crippen molar-refractivity contribution >= 4 is 5.69 Å². The second-order valence-electron chi connectivity index (χ2n) is 5.37. The number of hydrogen-bond donors (Lipinski definition) is 1. The van der Waals surface area contributed by atoms with E-state index in [0.717, 1.165) is 45.0 Å². The Morgan fingerprint density at radius 2 is 2.16 bits per heavy atom. The van der Waals surface area contributed by atoms with Gasteiger partial charge in [0.15, 0.2) is 0 Å². The van der Waals surface area contributed by atoms with Crippen molar-refractivity contribution in [2.75, 3.05) is 37.7 Å². The van der Waals surface area contributed by atoms with Crippen molar-refractivity contribution < 1.29 is 9.13 Å². The number of morpholine rings is 1. The van der Waals surface area contributed by atoms with E-state index >= 15 is 0 Å². The lowest BCUT2D eigenvalue weighted by Crippen LogP contribution is -2.37. The number of nitrogens with one attached hydrogen (secondary N) is 1. The molecule has 0 aromatic heterocycles. The maximum absolute atomic E-state index is 13.5. The Morgan fingerprint density at radius 3 is 2.89 bits per heavy atom. The molecule has 0 saturated carbocycles. The molecular formula is C15H21FN2O. The Balaban J connectivity index is 1.80. The van der Waals surface area contributed by atoms with Crippen molar-refractivity contribution in [3.05, 3.63) is 29.6 Å². The summed E-state index contributed by atoms with van der Waals surface area (Å²) in [5, 5.41) is 3.51. The fraction of sp³-hybridized carbons (Fsp3) is 0.600. The predicted octanol–water partition coefficient (Wildman–Crippen LogP) is 1.96. The van der Waals surface area contributed by atoms with E-state index in [-0.39, 0.29) is 5.82 Å². The highest BCUT2D eigenvalue weighted by Gasteiger charge is 2.20. The van der Waals surface area contributed by atoms with Gasteiger partial charge in [-0.2, -0.15) is 0 Å². The third kappa shape index (κ3) is 3.07. The average Bonchev–Trinajstić information content (AvgIpc) is 2.95. The number of anilines is 1. The van der Waals surface area contributed by atoms with Crippen molar-refractivity contribution in [1.29, 1.82) is 0 Å². The summed E-state index contributed by atoms with van der Waals surface area (Å²) in [5.41, 5.74) is 2.31. The highest BCUT2D eigenvalue weighted by atomic mass is 19.1. The molecule has 1 unspecified atom stereocenters. The topological polar surface area (TPSA) is 24.5 Å². The summed E-state index contributed by atoms with van der Waals surface area (Å²) in [6.07, 6.45) is 3.46. The van der Waals surface area contributed by atoms with Crippen LogP contribution >= 0.6 is 0 Å². The summed E-state index contributed by atoms with van der Waals surface area (Å²) >= 11 is 0. The van der Waals surface area contributed by atoms with Crippen LogP contribution in [-0.4, -0.2) is 38.9 Å². The number of rotatable bonds is 3. The van der Waals surface area contributed by atoms with Crippen LogP contribution in [0.25, 0.3) is 0 Å². The van der Waals surface area contributed by atoms with Gasteiger partial charge in [0, 0.05) is 24.8 Å². The maximum Gasteiger partial charge on any atom is 0.125 e. The first-order valence-corrected chi connectivity index (χ1v) is 7.17. The van der Waals surface area contributed by atoms with Crippen molar-refractivity contribution in [1.82, 2.24) is 5.32 Å². The highest BCUT2D eigenvalue weighted by Crippen LogP contribution is 2.25. The van der Waals surface area contributed by atoms with Gasteiger partial charge in [-0.3, -0.25) is 0 Å². The molecule has 4 heteroatoms. The van der Waals surface area contributed by atoms with Gasteiger partial charge in [0.1, 0.15) is 5.82 Å². The number of ether oxygens (including phenoxy) is 1. The summed E-state index contributed by atoms with van der Waals surface area (Å²) < 4.78 is 18.9. The molecule has 2 aliphatic heterocycles. The van der Waals surface area contributed by atoms with Crippen LogP contribution in [0.15, 0.2) is 18.2 Å². The Kier molecular flexibility index (Phi) is 3.99. The van der Waals surface area contributed by atoms with Crippen LogP contribution in [0.1, 0.15) is 18.4 Å². The summed E-state index contributed by atoms with van der Waals surface area (Å²) in [6, 6.07) is 5.74. The van der Waals surface area contributed by atoms with Gasteiger partial charge in [-0.1, -0.05) is 6.07 Å². The van der Waals surface area contributed by atoms with Crippen molar-refractivity contribution in [3.63, 3.8) is 0 Å². The number of hydrogen-bond acceptors (Lipinski definition) is 3. The van der Waals surface area contributed by atoms with Gasteiger partial charge in [0.05, 0.1) is 13.2 Å². The Labute approximate surface area is 113 Å². The normalized spacial score (nSPS) is 23.8. The summed E-state index contributed by atoms with van der Waals surface area (Å²) in [7, 11) is 0. The van der Waals surface area contributed by atoms with E-state index in [1.165, 1.54) is 18.4 Å². The molecule has 3 rings (SSSR count). The molecule has 0 spiro atoms. The van der Waals surface area contributed by atoms with E-state index in [4.69, 9.17) is 4.74 Å². The lowest BCUT2D eigenvalue weighted by atomic mass is 10.0. The lowest BCUT2D eigenvalue weighted by molar-refractivity contribution is 0.122. The molecule has 19 heavy (non-hydrogen) atoms. The van der Waals surface area contributed by atoms with E-state index in [2.05, 4.69) is 10.2 Å². The third-order valence-electron chi connectivity index (χ3n) is 4.03. The molecule has 2 saturated heterocycles. The zero-order valence-electron chi connectivity index (χ0n) is 11.2. The quantitative estimate of drug-likeness (QED) is 0.903. The minimum absolute atomic E-state index is 0.148. The standard InChI is InChI=1S/C15H21FN2O/c16-13-4-3-12(10-14-2-1-5-17-14)15(11-13)18-6-8-19-9-7-18/h3-4,11,14,17H,1-2,5-10H2. The van der Waals surface area contributed by atoms with Crippen molar-refractivity contribution in [2.45, 2.75) is 25.3 Å².